The molecular weight excluding hydrogens is 353 g/mol. The quantitative estimate of drug-likeness (QED) is 0.890. The summed E-state index contributed by atoms with van der Waals surface area (Å²) in [6.45, 7) is 0.0572. The summed E-state index contributed by atoms with van der Waals surface area (Å²) in [5.41, 5.74) is 5.23. The molecule has 0 saturated carbocycles. The molecule has 9 heteroatoms. The zero-order valence-electron chi connectivity index (χ0n) is 10.2. The molecule has 2 aromatic heterocycles. The molecule has 0 spiro atoms. The summed E-state index contributed by atoms with van der Waals surface area (Å²) in [5, 5.41) is 3.90. The highest BCUT2D eigenvalue weighted by molar-refractivity contribution is 9.10. The SMILES string of the molecule is Cl.NC/C(=C/F)Cn1ncn(-c2ccc(Br)cn2)c1=O. The van der Waals surface area contributed by atoms with E-state index >= 15 is 0 Å². The first-order chi connectivity index (χ1) is 9.15. The van der Waals surface area contributed by atoms with E-state index in [1.165, 1.54) is 10.9 Å². The van der Waals surface area contributed by atoms with E-state index in [9.17, 15) is 9.18 Å². The zero-order chi connectivity index (χ0) is 13.8. The second-order valence-electron chi connectivity index (χ2n) is 3.75. The van der Waals surface area contributed by atoms with Gasteiger partial charge in [0.05, 0.1) is 12.9 Å². The molecule has 2 rings (SSSR count). The smallest absolute Gasteiger partial charge is 0.327 e. The predicted octanol–water partition coefficient (Wildman–Crippen LogP) is 1.43. The summed E-state index contributed by atoms with van der Waals surface area (Å²) in [6, 6.07) is 3.44. The van der Waals surface area contributed by atoms with Crippen molar-refractivity contribution in [3.63, 3.8) is 0 Å². The lowest BCUT2D eigenvalue weighted by Crippen LogP contribution is -2.26. The normalized spacial score (nSPS) is 11.2. The van der Waals surface area contributed by atoms with Gasteiger partial charge >= 0.3 is 5.69 Å². The lowest BCUT2D eigenvalue weighted by atomic mass is 10.3. The van der Waals surface area contributed by atoms with Crippen LogP contribution in [0.2, 0.25) is 0 Å². The maximum atomic E-state index is 12.4. The molecule has 0 amide bonds. The Morgan fingerprint density at radius 3 is 2.80 bits per heavy atom. The summed E-state index contributed by atoms with van der Waals surface area (Å²) in [5.74, 6) is 0.443. The summed E-state index contributed by atoms with van der Waals surface area (Å²) in [4.78, 5) is 16.1. The number of halogens is 3. The summed E-state index contributed by atoms with van der Waals surface area (Å²) in [6.07, 6.45) is 3.31. The lowest BCUT2D eigenvalue weighted by molar-refractivity contribution is 0.612. The molecule has 0 aromatic carbocycles. The third-order valence-electron chi connectivity index (χ3n) is 2.46. The predicted molar refractivity (Wildman–Crippen MR) is 78.8 cm³/mol. The molecule has 2 N–H and O–H groups in total. The number of nitrogens with two attached hydrogens (primary N) is 1. The number of hydrogen-bond donors (Lipinski definition) is 1. The first-order valence-electron chi connectivity index (χ1n) is 5.40. The Labute approximate surface area is 128 Å². The highest BCUT2D eigenvalue weighted by Gasteiger charge is 2.09. The maximum Gasteiger partial charge on any atom is 0.351 e. The van der Waals surface area contributed by atoms with Gasteiger partial charge in [-0.1, -0.05) is 0 Å². The molecule has 0 radical (unpaired) electrons. The van der Waals surface area contributed by atoms with Crippen molar-refractivity contribution in [2.24, 2.45) is 5.73 Å². The number of pyridine rings is 1. The molecule has 2 aromatic rings. The Kier molecular flexibility index (Phi) is 6.05. The Hall–Kier alpha value is -1.51. The zero-order valence-corrected chi connectivity index (χ0v) is 12.6. The van der Waals surface area contributed by atoms with E-state index in [0.717, 1.165) is 9.15 Å². The van der Waals surface area contributed by atoms with Crippen molar-refractivity contribution < 1.29 is 4.39 Å². The van der Waals surface area contributed by atoms with Gasteiger partial charge in [0.2, 0.25) is 0 Å². The van der Waals surface area contributed by atoms with Crippen LogP contribution in [0.25, 0.3) is 5.82 Å². The third-order valence-corrected chi connectivity index (χ3v) is 2.93. The van der Waals surface area contributed by atoms with Crippen molar-refractivity contribution in [1.29, 1.82) is 0 Å². The molecular formula is C11H12BrClFN5O. The first-order valence-corrected chi connectivity index (χ1v) is 6.19. The molecule has 108 valence electrons. The molecule has 0 aliphatic carbocycles. The second-order valence-corrected chi connectivity index (χ2v) is 4.66. The van der Waals surface area contributed by atoms with Gasteiger partial charge < -0.3 is 5.73 Å². The van der Waals surface area contributed by atoms with Crippen LogP contribution in [-0.4, -0.2) is 25.9 Å². The van der Waals surface area contributed by atoms with Crippen LogP contribution in [0.1, 0.15) is 0 Å². The van der Waals surface area contributed by atoms with Crippen molar-refractivity contribution in [3.05, 3.63) is 51.5 Å². The topological polar surface area (TPSA) is 78.7 Å². The highest BCUT2D eigenvalue weighted by Crippen LogP contribution is 2.09. The summed E-state index contributed by atoms with van der Waals surface area (Å²) < 4.78 is 15.7. The molecule has 2 heterocycles. The average molecular weight is 365 g/mol. The van der Waals surface area contributed by atoms with Crippen LogP contribution in [0.15, 0.2) is 45.8 Å². The van der Waals surface area contributed by atoms with Crippen LogP contribution in [0.4, 0.5) is 4.39 Å². The number of nitrogens with zero attached hydrogens (tertiary/aromatic N) is 4. The minimum absolute atomic E-state index is 0. The Balaban J connectivity index is 0.00000200. The van der Waals surface area contributed by atoms with Crippen LogP contribution < -0.4 is 11.4 Å². The first kappa shape index (κ1) is 16.5. The van der Waals surface area contributed by atoms with Gasteiger partial charge in [-0.3, -0.25) is 0 Å². The van der Waals surface area contributed by atoms with Gasteiger partial charge in [-0.15, -0.1) is 12.4 Å². The molecule has 20 heavy (non-hydrogen) atoms. The van der Waals surface area contributed by atoms with Gasteiger partial charge in [0.25, 0.3) is 0 Å². The van der Waals surface area contributed by atoms with E-state index in [4.69, 9.17) is 5.73 Å². The minimum atomic E-state index is -0.400. The number of rotatable bonds is 4. The molecule has 6 nitrogen and oxygen atoms in total. The monoisotopic (exact) mass is 363 g/mol. The van der Waals surface area contributed by atoms with E-state index in [0.29, 0.717) is 12.1 Å². The van der Waals surface area contributed by atoms with E-state index in [2.05, 4.69) is 26.0 Å². The second kappa shape index (κ2) is 7.32. The van der Waals surface area contributed by atoms with Crippen molar-refractivity contribution in [1.82, 2.24) is 19.3 Å². The number of hydrogen-bond acceptors (Lipinski definition) is 4. The van der Waals surface area contributed by atoms with Gasteiger partial charge in [-0.2, -0.15) is 5.10 Å². The molecule has 0 fully saturated rings. The summed E-state index contributed by atoms with van der Waals surface area (Å²) in [7, 11) is 0. The van der Waals surface area contributed by atoms with E-state index < -0.39 is 5.69 Å². The fourth-order valence-electron chi connectivity index (χ4n) is 1.45. The van der Waals surface area contributed by atoms with Gasteiger partial charge in [0, 0.05) is 17.2 Å². The van der Waals surface area contributed by atoms with Crippen molar-refractivity contribution >= 4 is 28.3 Å². The highest BCUT2D eigenvalue weighted by atomic mass is 79.9. The van der Waals surface area contributed by atoms with Gasteiger partial charge in [-0.25, -0.2) is 23.4 Å². The van der Waals surface area contributed by atoms with E-state index in [-0.39, 0.29) is 31.1 Å². The van der Waals surface area contributed by atoms with Crippen LogP contribution in [0, 0.1) is 0 Å². The van der Waals surface area contributed by atoms with Crippen LogP contribution in [0.5, 0.6) is 0 Å². The Morgan fingerprint density at radius 1 is 1.50 bits per heavy atom. The minimum Gasteiger partial charge on any atom is -0.327 e. The summed E-state index contributed by atoms with van der Waals surface area (Å²) >= 11 is 3.26. The van der Waals surface area contributed by atoms with Gasteiger partial charge in [0.15, 0.2) is 0 Å². The molecule has 0 aliphatic rings. The van der Waals surface area contributed by atoms with Crippen LogP contribution >= 0.6 is 28.3 Å². The van der Waals surface area contributed by atoms with Gasteiger partial charge in [0.1, 0.15) is 12.1 Å². The van der Waals surface area contributed by atoms with Crippen molar-refractivity contribution in [2.45, 2.75) is 6.54 Å². The van der Waals surface area contributed by atoms with Crippen LogP contribution in [-0.2, 0) is 6.54 Å². The van der Waals surface area contributed by atoms with Crippen molar-refractivity contribution in [3.8, 4) is 5.82 Å². The van der Waals surface area contributed by atoms with Gasteiger partial charge in [-0.05, 0) is 33.6 Å². The molecule has 0 aliphatic heterocycles. The van der Waals surface area contributed by atoms with E-state index in [1.54, 1.807) is 18.3 Å². The number of aromatic nitrogens is 4. The van der Waals surface area contributed by atoms with Crippen molar-refractivity contribution in [2.75, 3.05) is 6.54 Å². The Morgan fingerprint density at radius 2 is 2.25 bits per heavy atom. The molecule has 0 atom stereocenters. The molecule has 0 bridgehead atoms. The third kappa shape index (κ3) is 3.53. The Bertz CT molecular complexity index is 652. The standard InChI is InChI=1S/C11H11BrFN5O.ClH/c12-9-1-2-10(15-5-9)17-7-16-18(11(17)19)6-8(3-13)4-14;/h1-3,5,7H,4,6,14H2;1H/b8-3-;. The fraction of sp³-hybridized carbons (Fsp3) is 0.182. The van der Waals surface area contributed by atoms with E-state index in [1.807, 2.05) is 0 Å². The largest absolute Gasteiger partial charge is 0.351 e. The average Bonchev–Trinajstić information content (AvgIpc) is 2.78. The lowest BCUT2D eigenvalue weighted by Gasteiger charge is -2.01. The fourth-order valence-corrected chi connectivity index (χ4v) is 1.68. The maximum absolute atomic E-state index is 12.4. The molecule has 0 unspecified atom stereocenters. The van der Waals surface area contributed by atoms with Crippen LogP contribution in [0.3, 0.4) is 0 Å². The molecule has 0 saturated heterocycles.